The Balaban J connectivity index is 1.72. The van der Waals surface area contributed by atoms with E-state index in [1.165, 1.54) is 5.56 Å². The van der Waals surface area contributed by atoms with E-state index < -0.39 is 0 Å². The Hall–Kier alpha value is -2.69. The van der Waals surface area contributed by atoms with Crippen LogP contribution in [0, 0.1) is 20.8 Å². The van der Waals surface area contributed by atoms with Crippen LogP contribution in [0.25, 0.3) is 0 Å². The molecule has 0 bridgehead atoms. The Kier molecular flexibility index (Phi) is 5.59. The number of fused-ring (bicyclic) bond motifs is 1. The highest BCUT2D eigenvalue weighted by Crippen LogP contribution is 2.38. The van der Waals surface area contributed by atoms with Crippen LogP contribution in [0.1, 0.15) is 36.1 Å². The maximum absolute atomic E-state index is 12.5. The van der Waals surface area contributed by atoms with Crippen molar-refractivity contribution in [3.63, 3.8) is 0 Å². The first kappa shape index (κ1) is 19.1. The van der Waals surface area contributed by atoms with Crippen LogP contribution in [0.15, 0.2) is 24.3 Å². The number of hydrogen-bond donors (Lipinski definition) is 1. The van der Waals surface area contributed by atoms with Gasteiger partial charge in [0.2, 0.25) is 0 Å². The van der Waals surface area contributed by atoms with Gasteiger partial charge in [-0.3, -0.25) is 4.79 Å². The zero-order valence-electron chi connectivity index (χ0n) is 16.6. The molecule has 0 saturated carbocycles. The first-order chi connectivity index (χ1) is 12.9. The Morgan fingerprint density at radius 1 is 1.15 bits per heavy atom. The van der Waals surface area contributed by atoms with Crippen molar-refractivity contribution >= 4 is 11.6 Å². The Morgan fingerprint density at radius 2 is 1.85 bits per heavy atom. The van der Waals surface area contributed by atoms with Crippen LogP contribution in [0.3, 0.4) is 0 Å². The number of amides is 1. The van der Waals surface area contributed by atoms with Crippen molar-refractivity contribution in [2.24, 2.45) is 0 Å². The summed E-state index contributed by atoms with van der Waals surface area (Å²) in [5.74, 6) is 1.98. The number of aryl methyl sites for hydroxylation is 3. The first-order valence-corrected chi connectivity index (χ1v) is 9.34. The van der Waals surface area contributed by atoms with Gasteiger partial charge in [0.1, 0.15) is 23.4 Å². The van der Waals surface area contributed by atoms with E-state index in [4.69, 9.17) is 14.2 Å². The molecular weight excluding hydrogens is 342 g/mol. The Bertz CT molecular complexity index is 837. The van der Waals surface area contributed by atoms with Gasteiger partial charge in [-0.1, -0.05) is 17.7 Å². The number of carbonyl (C=O) groups is 1. The topological polar surface area (TPSA) is 56.8 Å². The van der Waals surface area contributed by atoms with Crippen molar-refractivity contribution in [3.8, 4) is 17.2 Å². The van der Waals surface area contributed by atoms with E-state index in [9.17, 15) is 4.79 Å². The molecular formula is C22H27NO4. The number of carbonyl (C=O) groups excluding carboxylic acids is 1. The van der Waals surface area contributed by atoms with Crippen LogP contribution in [0.4, 0.5) is 5.69 Å². The molecule has 0 aliphatic carbocycles. The third kappa shape index (κ3) is 4.35. The summed E-state index contributed by atoms with van der Waals surface area (Å²) >= 11 is 0. The molecule has 27 heavy (non-hydrogen) atoms. The molecule has 1 aliphatic rings. The van der Waals surface area contributed by atoms with E-state index in [1.807, 2.05) is 58.9 Å². The molecule has 0 radical (unpaired) electrons. The molecule has 144 valence electrons. The summed E-state index contributed by atoms with van der Waals surface area (Å²) in [6, 6.07) is 7.88. The van der Waals surface area contributed by atoms with Gasteiger partial charge in [-0.15, -0.1) is 0 Å². The predicted molar refractivity (Wildman–Crippen MR) is 106 cm³/mol. The van der Waals surface area contributed by atoms with Gasteiger partial charge in [-0.2, -0.15) is 0 Å². The number of benzene rings is 2. The summed E-state index contributed by atoms with van der Waals surface area (Å²) in [6.45, 7) is 10.4. The van der Waals surface area contributed by atoms with Gasteiger partial charge < -0.3 is 19.5 Å². The summed E-state index contributed by atoms with van der Waals surface area (Å²) in [5.41, 5.74) is 4.93. The zero-order valence-corrected chi connectivity index (χ0v) is 16.6. The fourth-order valence-corrected chi connectivity index (χ4v) is 3.53. The summed E-state index contributed by atoms with van der Waals surface area (Å²) < 4.78 is 17.3. The van der Waals surface area contributed by atoms with Crippen LogP contribution >= 0.6 is 0 Å². The van der Waals surface area contributed by atoms with Crippen LogP contribution in [0.2, 0.25) is 0 Å². The van der Waals surface area contributed by atoms with Gasteiger partial charge in [-0.05, 0) is 51.8 Å². The Morgan fingerprint density at radius 3 is 2.52 bits per heavy atom. The van der Waals surface area contributed by atoms with Crippen LogP contribution in [-0.4, -0.2) is 25.2 Å². The van der Waals surface area contributed by atoms with Crippen LogP contribution in [0.5, 0.6) is 17.2 Å². The van der Waals surface area contributed by atoms with Gasteiger partial charge in [0, 0.05) is 18.1 Å². The van der Waals surface area contributed by atoms with Gasteiger partial charge >= 0.3 is 0 Å². The smallest absolute Gasteiger partial charge is 0.262 e. The average molecular weight is 369 g/mol. The second-order valence-corrected chi connectivity index (χ2v) is 7.09. The van der Waals surface area contributed by atoms with Gasteiger partial charge in [0.25, 0.3) is 5.91 Å². The molecule has 1 atom stereocenters. The minimum Gasteiger partial charge on any atom is -0.492 e. The minimum absolute atomic E-state index is 0.0648. The predicted octanol–water partition coefficient (Wildman–Crippen LogP) is 4.35. The molecule has 0 saturated heterocycles. The quantitative estimate of drug-likeness (QED) is 0.822. The fraction of sp³-hybridized carbons (Fsp3) is 0.409. The van der Waals surface area contributed by atoms with E-state index >= 15 is 0 Å². The summed E-state index contributed by atoms with van der Waals surface area (Å²) in [7, 11) is 0. The highest BCUT2D eigenvalue weighted by molar-refractivity contribution is 5.93. The lowest BCUT2D eigenvalue weighted by Gasteiger charge is -2.15. The lowest BCUT2D eigenvalue weighted by Crippen LogP contribution is -2.21. The maximum Gasteiger partial charge on any atom is 0.262 e. The second kappa shape index (κ2) is 7.91. The van der Waals surface area contributed by atoms with Crippen molar-refractivity contribution in [3.05, 3.63) is 46.5 Å². The highest BCUT2D eigenvalue weighted by atomic mass is 16.5. The van der Waals surface area contributed by atoms with Crippen molar-refractivity contribution < 1.29 is 19.0 Å². The third-order valence-corrected chi connectivity index (χ3v) is 4.52. The molecule has 0 aromatic heterocycles. The molecule has 5 heteroatoms. The highest BCUT2D eigenvalue weighted by Gasteiger charge is 2.22. The van der Waals surface area contributed by atoms with Gasteiger partial charge in [-0.25, -0.2) is 0 Å². The molecule has 1 heterocycles. The first-order valence-electron chi connectivity index (χ1n) is 9.34. The largest absolute Gasteiger partial charge is 0.492 e. The van der Waals surface area contributed by atoms with Gasteiger partial charge in [0.05, 0.1) is 12.3 Å². The maximum atomic E-state index is 12.5. The van der Waals surface area contributed by atoms with Crippen molar-refractivity contribution in [1.29, 1.82) is 0 Å². The molecule has 1 amide bonds. The van der Waals surface area contributed by atoms with Crippen molar-refractivity contribution in [2.75, 3.05) is 18.5 Å². The normalized spacial score (nSPS) is 15.1. The molecule has 2 aromatic rings. The molecule has 5 nitrogen and oxygen atoms in total. The molecule has 2 aromatic carbocycles. The van der Waals surface area contributed by atoms with Crippen LogP contribution < -0.4 is 19.5 Å². The Labute approximate surface area is 160 Å². The fourth-order valence-electron chi connectivity index (χ4n) is 3.53. The van der Waals surface area contributed by atoms with E-state index in [0.717, 1.165) is 34.6 Å². The lowest BCUT2D eigenvalue weighted by atomic mass is 10.1. The van der Waals surface area contributed by atoms with Crippen LogP contribution in [-0.2, 0) is 11.2 Å². The van der Waals surface area contributed by atoms with E-state index in [1.54, 1.807) is 0 Å². The number of ether oxygens (including phenoxy) is 3. The third-order valence-electron chi connectivity index (χ3n) is 4.52. The molecule has 0 unspecified atom stereocenters. The molecule has 1 N–H and O–H groups in total. The SMILES string of the molecule is CCOc1cc2c(cc1NC(=O)COc1c(C)cc(C)cc1C)O[C@@H](C)C2. The summed E-state index contributed by atoms with van der Waals surface area (Å²) in [6.07, 6.45) is 0.981. The number of anilines is 1. The molecule has 0 spiro atoms. The minimum atomic E-state index is -0.235. The number of nitrogens with one attached hydrogen (secondary N) is 1. The second-order valence-electron chi connectivity index (χ2n) is 7.09. The lowest BCUT2D eigenvalue weighted by molar-refractivity contribution is -0.118. The summed E-state index contributed by atoms with van der Waals surface area (Å²) in [4.78, 5) is 12.5. The molecule has 0 fully saturated rings. The van der Waals surface area contributed by atoms with E-state index in [0.29, 0.717) is 18.0 Å². The molecule has 1 aliphatic heterocycles. The van der Waals surface area contributed by atoms with E-state index in [-0.39, 0.29) is 18.6 Å². The molecule has 3 rings (SSSR count). The number of hydrogen-bond acceptors (Lipinski definition) is 4. The summed E-state index contributed by atoms with van der Waals surface area (Å²) in [5, 5.41) is 2.89. The van der Waals surface area contributed by atoms with Crippen molar-refractivity contribution in [1.82, 2.24) is 0 Å². The standard InChI is InChI=1S/C22H27NO4/c1-6-25-20-10-17-9-16(5)27-19(17)11-18(20)23-21(24)12-26-22-14(3)7-13(2)8-15(22)4/h7-8,10-11,16H,6,9,12H2,1-5H3,(H,23,24)/t16-/m0/s1. The number of rotatable bonds is 6. The zero-order chi connectivity index (χ0) is 19.6. The van der Waals surface area contributed by atoms with E-state index in [2.05, 4.69) is 5.32 Å². The monoisotopic (exact) mass is 369 g/mol. The van der Waals surface area contributed by atoms with Crippen molar-refractivity contribution in [2.45, 2.75) is 47.1 Å². The average Bonchev–Trinajstić information content (AvgIpc) is 2.93. The van der Waals surface area contributed by atoms with Gasteiger partial charge in [0.15, 0.2) is 6.61 Å².